The van der Waals surface area contributed by atoms with Crippen molar-refractivity contribution < 1.29 is 4.79 Å². The van der Waals surface area contributed by atoms with E-state index in [-0.39, 0.29) is 5.91 Å². The summed E-state index contributed by atoms with van der Waals surface area (Å²) in [6.07, 6.45) is 2.22. The number of carbonyl (C=O) groups excluding carboxylic acids is 1. The molecule has 0 radical (unpaired) electrons. The van der Waals surface area contributed by atoms with Crippen LogP contribution >= 0.6 is 0 Å². The van der Waals surface area contributed by atoms with Crippen molar-refractivity contribution >= 4 is 17.5 Å². The highest BCUT2D eigenvalue weighted by Gasteiger charge is 2.22. The Morgan fingerprint density at radius 3 is 2.86 bits per heavy atom. The third-order valence-corrected chi connectivity index (χ3v) is 3.25. The molecule has 1 aromatic carbocycles. The van der Waals surface area contributed by atoms with Gasteiger partial charge in [0.05, 0.1) is 11.6 Å². The SMILES string of the molecule is Cc1cc(C(=O)Nc2cccc(C#N)c2)nc(NC2CC2)n1. The molecule has 1 aliphatic carbocycles. The number of hydrogen-bond donors (Lipinski definition) is 2. The smallest absolute Gasteiger partial charge is 0.274 e. The van der Waals surface area contributed by atoms with E-state index in [0.29, 0.717) is 28.9 Å². The van der Waals surface area contributed by atoms with Crippen LogP contribution in [0.3, 0.4) is 0 Å². The molecular formula is C16H15N5O. The Kier molecular flexibility index (Phi) is 3.71. The number of nitrogens with zero attached hydrogens (tertiary/aromatic N) is 3. The van der Waals surface area contributed by atoms with Crippen LogP contribution < -0.4 is 10.6 Å². The maximum atomic E-state index is 12.3. The molecule has 0 spiro atoms. The number of aromatic nitrogens is 2. The monoisotopic (exact) mass is 293 g/mol. The van der Waals surface area contributed by atoms with Gasteiger partial charge >= 0.3 is 0 Å². The van der Waals surface area contributed by atoms with Crippen molar-refractivity contribution in [2.24, 2.45) is 0 Å². The molecule has 0 aliphatic heterocycles. The Bertz CT molecular complexity index is 761. The lowest BCUT2D eigenvalue weighted by molar-refractivity contribution is 0.102. The highest BCUT2D eigenvalue weighted by molar-refractivity contribution is 6.03. The van der Waals surface area contributed by atoms with Crippen LogP contribution in [-0.4, -0.2) is 21.9 Å². The van der Waals surface area contributed by atoms with Gasteiger partial charge in [-0.1, -0.05) is 6.07 Å². The van der Waals surface area contributed by atoms with Crippen LogP contribution in [0.5, 0.6) is 0 Å². The van der Waals surface area contributed by atoms with Gasteiger partial charge in [-0.05, 0) is 44.0 Å². The summed E-state index contributed by atoms with van der Waals surface area (Å²) in [6, 6.07) is 10.9. The lowest BCUT2D eigenvalue weighted by Gasteiger charge is -2.08. The summed E-state index contributed by atoms with van der Waals surface area (Å²) in [5, 5.41) is 14.8. The predicted molar refractivity (Wildman–Crippen MR) is 82.5 cm³/mol. The number of amides is 1. The second-order valence-electron chi connectivity index (χ2n) is 5.28. The Hall–Kier alpha value is -2.94. The van der Waals surface area contributed by atoms with Crippen LogP contribution in [0, 0.1) is 18.3 Å². The first kappa shape index (κ1) is 14.0. The second kappa shape index (κ2) is 5.82. The number of benzene rings is 1. The van der Waals surface area contributed by atoms with Crippen molar-refractivity contribution in [2.75, 3.05) is 10.6 Å². The number of rotatable bonds is 4. The molecule has 22 heavy (non-hydrogen) atoms. The minimum absolute atomic E-state index is 0.304. The average Bonchev–Trinajstić information content (AvgIpc) is 3.30. The molecule has 3 rings (SSSR count). The third kappa shape index (κ3) is 3.38. The largest absolute Gasteiger partial charge is 0.351 e. The van der Waals surface area contributed by atoms with E-state index >= 15 is 0 Å². The van der Waals surface area contributed by atoms with Gasteiger partial charge in [-0.2, -0.15) is 5.26 Å². The Labute approximate surface area is 128 Å². The Morgan fingerprint density at radius 2 is 2.14 bits per heavy atom. The molecule has 2 aromatic rings. The van der Waals surface area contributed by atoms with Crippen molar-refractivity contribution in [3.63, 3.8) is 0 Å². The van der Waals surface area contributed by atoms with Crippen LogP contribution in [0.15, 0.2) is 30.3 Å². The first-order valence-electron chi connectivity index (χ1n) is 7.08. The van der Waals surface area contributed by atoms with Crippen LogP contribution in [0.4, 0.5) is 11.6 Å². The second-order valence-corrected chi connectivity index (χ2v) is 5.28. The summed E-state index contributed by atoms with van der Waals surface area (Å²) in [6.45, 7) is 1.83. The van der Waals surface area contributed by atoms with Crippen molar-refractivity contribution in [1.29, 1.82) is 5.26 Å². The quantitative estimate of drug-likeness (QED) is 0.903. The molecule has 1 saturated carbocycles. The molecule has 2 N–H and O–H groups in total. The molecule has 1 amide bonds. The molecule has 0 bridgehead atoms. The molecule has 110 valence electrons. The fourth-order valence-electron chi connectivity index (χ4n) is 2.02. The molecule has 1 fully saturated rings. The van der Waals surface area contributed by atoms with Crippen LogP contribution in [0.25, 0.3) is 0 Å². The third-order valence-electron chi connectivity index (χ3n) is 3.25. The van der Waals surface area contributed by atoms with E-state index in [2.05, 4.69) is 20.6 Å². The van der Waals surface area contributed by atoms with Crippen LogP contribution in [0.1, 0.15) is 34.6 Å². The molecule has 0 saturated heterocycles. The van der Waals surface area contributed by atoms with Crippen LogP contribution in [0.2, 0.25) is 0 Å². The van der Waals surface area contributed by atoms with E-state index in [0.717, 1.165) is 18.5 Å². The first-order chi connectivity index (χ1) is 10.6. The molecule has 1 aromatic heterocycles. The lowest BCUT2D eigenvalue weighted by Crippen LogP contribution is -2.16. The summed E-state index contributed by atoms with van der Waals surface area (Å²) < 4.78 is 0. The topological polar surface area (TPSA) is 90.7 Å². The highest BCUT2D eigenvalue weighted by Crippen LogP contribution is 2.23. The van der Waals surface area contributed by atoms with E-state index in [9.17, 15) is 4.79 Å². The van der Waals surface area contributed by atoms with Crippen molar-refractivity contribution in [3.8, 4) is 6.07 Å². The van der Waals surface area contributed by atoms with Gasteiger partial charge in [-0.15, -0.1) is 0 Å². The van der Waals surface area contributed by atoms with Gasteiger partial charge in [0.25, 0.3) is 5.91 Å². The summed E-state index contributed by atoms with van der Waals surface area (Å²) in [4.78, 5) is 20.8. The van der Waals surface area contributed by atoms with E-state index in [1.807, 2.05) is 13.0 Å². The molecule has 1 heterocycles. The zero-order valence-electron chi connectivity index (χ0n) is 12.1. The summed E-state index contributed by atoms with van der Waals surface area (Å²) in [5.74, 6) is 0.165. The standard InChI is InChI=1S/C16H15N5O/c1-10-7-14(21-16(18-10)20-12-5-6-12)15(22)19-13-4-2-3-11(8-13)9-17/h2-4,7-8,12H,5-6H2,1H3,(H,19,22)(H,18,20,21). The van der Waals surface area contributed by atoms with Crippen molar-refractivity contribution in [1.82, 2.24) is 9.97 Å². The zero-order chi connectivity index (χ0) is 15.5. The first-order valence-corrected chi connectivity index (χ1v) is 7.08. The van der Waals surface area contributed by atoms with Gasteiger partial charge in [0.15, 0.2) is 0 Å². The maximum Gasteiger partial charge on any atom is 0.274 e. The Morgan fingerprint density at radius 1 is 1.32 bits per heavy atom. The minimum Gasteiger partial charge on any atom is -0.351 e. The summed E-state index contributed by atoms with van der Waals surface area (Å²) in [7, 11) is 0. The molecule has 6 heteroatoms. The molecule has 6 nitrogen and oxygen atoms in total. The van der Waals surface area contributed by atoms with Crippen molar-refractivity contribution in [3.05, 3.63) is 47.3 Å². The molecule has 0 unspecified atom stereocenters. The van der Waals surface area contributed by atoms with Gasteiger partial charge in [0.1, 0.15) is 5.69 Å². The van der Waals surface area contributed by atoms with Crippen molar-refractivity contribution in [2.45, 2.75) is 25.8 Å². The fraction of sp³-hybridized carbons (Fsp3) is 0.250. The minimum atomic E-state index is -0.320. The molecule has 0 atom stereocenters. The Balaban J connectivity index is 1.78. The summed E-state index contributed by atoms with van der Waals surface area (Å²) >= 11 is 0. The van der Waals surface area contributed by atoms with E-state index in [1.165, 1.54) is 0 Å². The van der Waals surface area contributed by atoms with Gasteiger partial charge in [0.2, 0.25) is 5.95 Å². The number of nitriles is 1. The maximum absolute atomic E-state index is 12.3. The lowest BCUT2D eigenvalue weighted by atomic mass is 10.2. The van der Waals surface area contributed by atoms with Gasteiger partial charge < -0.3 is 10.6 Å². The summed E-state index contributed by atoms with van der Waals surface area (Å²) in [5.41, 5.74) is 2.09. The van der Waals surface area contributed by atoms with E-state index < -0.39 is 0 Å². The van der Waals surface area contributed by atoms with E-state index in [4.69, 9.17) is 5.26 Å². The van der Waals surface area contributed by atoms with Crippen LogP contribution in [-0.2, 0) is 0 Å². The van der Waals surface area contributed by atoms with E-state index in [1.54, 1.807) is 30.3 Å². The normalized spacial score (nSPS) is 13.3. The zero-order valence-corrected chi connectivity index (χ0v) is 12.1. The number of carbonyl (C=O) groups is 1. The molecular weight excluding hydrogens is 278 g/mol. The predicted octanol–water partition coefficient (Wildman–Crippen LogP) is 2.48. The van der Waals surface area contributed by atoms with Gasteiger partial charge in [0, 0.05) is 17.4 Å². The fourth-order valence-corrected chi connectivity index (χ4v) is 2.02. The number of anilines is 2. The highest BCUT2D eigenvalue weighted by atomic mass is 16.1. The van der Waals surface area contributed by atoms with Gasteiger partial charge in [-0.25, -0.2) is 9.97 Å². The average molecular weight is 293 g/mol. The number of aryl methyl sites for hydroxylation is 1. The van der Waals surface area contributed by atoms with Gasteiger partial charge in [-0.3, -0.25) is 4.79 Å². The molecule has 1 aliphatic rings. The number of nitrogens with one attached hydrogen (secondary N) is 2. The number of hydrogen-bond acceptors (Lipinski definition) is 5.